The standard InChI is InChI=1S/C12H19N4O4.H2S.Y/c13-9-3-4-14-12(20)6-16-11(19)2-1-8(7-17)15-5-10(9)18;;/h8-9,15H,1-6,13H2,(H,14,20)(H,16,19);1H2;/q-1;;/p-1. The molecule has 2 amide bonds. The Bertz CT molecular complexity index is 397. The van der Waals surface area contributed by atoms with E-state index in [-0.39, 0.29) is 96.3 Å². The maximum Gasteiger partial charge on any atom is 0.239 e. The molecule has 2 atom stereocenters. The minimum absolute atomic E-state index is 0. The molecule has 1 rings (SSSR count). The van der Waals surface area contributed by atoms with Crippen molar-refractivity contribution in [3.63, 3.8) is 0 Å². The third kappa shape index (κ3) is 9.63. The molecular weight excluding hydrogens is 385 g/mol. The molecule has 0 aromatic heterocycles. The van der Waals surface area contributed by atoms with Gasteiger partial charge < -0.3 is 40.0 Å². The van der Waals surface area contributed by atoms with E-state index >= 15 is 0 Å². The van der Waals surface area contributed by atoms with Crippen molar-refractivity contribution in [2.45, 2.75) is 31.3 Å². The second-order valence-electron chi connectivity index (χ2n) is 4.58. The molecule has 22 heavy (non-hydrogen) atoms. The van der Waals surface area contributed by atoms with Crippen LogP contribution in [0.25, 0.3) is 0 Å². The predicted molar refractivity (Wildman–Crippen MR) is 79.1 cm³/mol. The fraction of sp³-hybridized carbons (Fsp3) is 0.667. The maximum atomic E-state index is 11.7. The zero-order valence-corrected chi connectivity index (χ0v) is 15.9. The van der Waals surface area contributed by atoms with Crippen molar-refractivity contribution >= 4 is 37.4 Å². The van der Waals surface area contributed by atoms with Gasteiger partial charge in [-0.3, -0.25) is 14.4 Å². The number of amides is 2. The second-order valence-corrected chi connectivity index (χ2v) is 4.58. The van der Waals surface area contributed by atoms with Crippen molar-refractivity contribution in [2.24, 2.45) is 5.73 Å². The molecule has 0 aromatic rings. The van der Waals surface area contributed by atoms with Gasteiger partial charge in [0.05, 0.1) is 19.1 Å². The van der Waals surface area contributed by atoms with Crippen molar-refractivity contribution < 1.29 is 51.9 Å². The number of hydrogen-bond acceptors (Lipinski definition) is 7. The van der Waals surface area contributed by atoms with Crippen molar-refractivity contribution in [1.82, 2.24) is 16.0 Å². The number of Topliss-reactive ketones (excluding diaryl/α,β-unsaturated/α-hetero) is 1. The molecule has 1 saturated heterocycles. The molecule has 8 nitrogen and oxygen atoms in total. The summed E-state index contributed by atoms with van der Waals surface area (Å²) in [7, 11) is 0. The minimum atomic E-state index is -0.701. The Morgan fingerprint density at radius 3 is 2.36 bits per heavy atom. The second kappa shape index (κ2) is 13.1. The zero-order valence-electron chi connectivity index (χ0n) is 12.1. The summed E-state index contributed by atoms with van der Waals surface area (Å²) >= 11 is 0. The summed E-state index contributed by atoms with van der Waals surface area (Å²) in [6, 6.07) is -1.40. The first-order valence-electron chi connectivity index (χ1n) is 6.45. The third-order valence-electron chi connectivity index (χ3n) is 2.96. The average molecular weight is 405 g/mol. The van der Waals surface area contributed by atoms with Crippen LogP contribution < -0.4 is 21.7 Å². The zero-order chi connectivity index (χ0) is 15.0. The number of nitrogens with one attached hydrogen (secondary N) is 3. The van der Waals surface area contributed by atoms with Crippen molar-refractivity contribution in [2.75, 3.05) is 19.6 Å². The van der Waals surface area contributed by atoms with Gasteiger partial charge in [-0.1, -0.05) is 12.5 Å². The Kier molecular flexibility index (Phi) is 14.3. The monoisotopic (exact) mass is 405 g/mol. The number of rotatable bonds is 1. The normalized spacial score (nSPS) is 24.7. The topological polar surface area (TPSA) is 130 Å². The summed E-state index contributed by atoms with van der Waals surface area (Å²) in [5, 5.41) is 7.72. The molecule has 1 heterocycles. The van der Waals surface area contributed by atoms with Crippen LogP contribution in [0.15, 0.2) is 0 Å². The van der Waals surface area contributed by atoms with Crippen LogP contribution in [0.5, 0.6) is 0 Å². The molecule has 1 aliphatic rings. The van der Waals surface area contributed by atoms with Crippen molar-refractivity contribution in [3.05, 3.63) is 0 Å². The number of ketones is 1. The molecule has 1 radical (unpaired) electrons. The first-order chi connectivity index (χ1) is 9.52. The summed E-state index contributed by atoms with van der Waals surface area (Å²) < 4.78 is 0. The van der Waals surface area contributed by atoms with E-state index in [0.717, 1.165) is 0 Å². The average Bonchev–Trinajstić information content (AvgIpc) is 2.43. The summed E-state index contributed by atoms with van der Waals surface area (Å²) in [6.07, 6.45) is 2.31. The molecule has 10 heteroatoms. The van der Waals surface area contributed by atoms with Crippen LogP contribution in [0.2, 0.25) is 0 Å². The van der Waals surface area contributed by atoms with Crippen LogP contribution in [0.3, 0.4) is 0 Å². The molecular formula is C12H20N4O4SY-2. The number of carbonyl (C=O) groups excluding carboxylic acids is 4. The van der Waals surface area contributed by atoms with Gasteiger partial charge in [0.2, 0.25) is 11.8 Å². The van der Waals surface area contributed by atoms with E-state index in [9.17, 15) is 19.2 Å². The molecule has 0 bridgehead atoms. The smallest absolute Gasteiger partial charge is 0.239 e. The van der Waals surface area contributed by atoms with Crippen LogP contribution in [0.4, 0.5) is 0 Å². The first kappa shape index (κ1) is 23.9. The number of thiol groups is 1. The van der Waals surface area contributed by atoms with Crippen molar-refractivity contribution in [1.29, 1.82) is 0 Å². The Labute approximate surface area is 161 Å². The molecule has 1 aliphatic heterocycles. The summed E-state index contributed by atoms with van der Waals surface area (Å²) in [6.45, 7) is 0.0619. The number of nitrogens with two attached hydrogens (primary N) is 1. The van der Waals surface area contributed by atoms with Gasteiger partial charge in [0, 0.05) is 45.7 Å². The SMILES string of the molecule is NC1CCNC(=O)CNC(=O)CCC([C-]=O)NCC1=O.[SH-].[Y]. The summed E-state index contributed by atoms with van der Waals surface area (Å²) in [4.78, 5) is 45.2. The largest absolute Gasteiger partial charge is 0.813 e. The summed E-state index contributed by atoms with van der Waals surface area (Å²) in [5.74, 6) is -0.921. The van der Waals surface area contributed by atoms with E-state index in [1.165, 1.54) is 0 Å². The van der Waals surface area contributed by atoms with Gasteiger partial charge in [-0.25, -0.2) is 6.29 Å². The van der Waals surface area contributed by atoms with Gasteiger partial charge in [-0.2, -0.15) is 0 Å². The van der Waals surface area contributed by atoms with Crippen LogP contribution in [-0.4, -0.2) is 55.6 Å². The Hall–Kier alpha value is -0.346. The van der Waals surface area contributed by atoms with Crippen molar-refractivity contribution in [3.8, 4) is 0 Å². The van der Waals surface area contributed by atoms with Gasteiger partial charge >= 0.3 is 0 Å². The van der Waals surface area contributed by atoms with E-state index in [4.69, 9.17) is 5.73 Å². The quantitative estimate of drug-likeness (QED) is 0.209. The molecule has 0 aromatic carbocycles. The molecule has 0 aliphatic carbocycles. The maximum absolute atomic E-state index is 11.7. The number of carbonyl (C=O) groups is 3. The fourth-order valence-electron chi connectivity index (χ4n) is 1.69. The van der Waals surface area contributed by atoms with Gasteiger partial charge in [0.1, 0.15) is 0 Å². The molecule has 1 fully saturated rings. The van der Waals surface area contributed by atoms with Gasteiger partial charge in [0.25, 0.3) is 0 Å². The van der Waals surface area contributed by atoms with E-state index in [2.05, 4.69) is 16.0 Å². The van der Waals surface area contributed by atoms with Gasteiger partial charge in [-0.05, 0) is 6.42 Å². The Balaban J connectivity index is 0. The molecule has 2 unspecified atom stereocenters. The molecule has 5 N–H and O–H groups in total. The molecule has 0 saturated carbocycles. The van der Waals surface area contributed by atoms with E-state index < -0.39 is 12.1 Å². The Morgan fingerprint density at radius 1 is 1.05 bits per heavy atom. The fourth-order valence-corrected chi connectivity index (χ4v) is 1.69. The van der Waals surface area contributed by atoms with E-state index in [1.54, 1.807) is 6.29 Å². The van der Waals surface area contributed by atoms with Gasteiger partial charge in [0.15, 0.2) is 5.78 Å². The molecule has 0 spiro atoms. The first-order valence-corrected chi connectivity index (χ1v) is 6.45. The molecule has 123 valence electrons. The number of hydrogen-bond donors (Lipinski definition) is 4. The van der Waals surface area contributed by atoms with Gasteiger partial charge in [-0.15, -0.1) is 0 Å². The predicted octanol–water partition coefficient (Wildman–Crippen LogP) is -2.91. The van der Waals surface area contributed by atoms with E-state index in [1.807, 2.05) is 0 Å². The minimum Gasteiger partial charge on any atom is -0.813 e. The Morgan fingerprint density at radius 2 is 1.73 bits per heavy atom. The summed E-state index contributed by atoms with van der Waals surface area (Å²) in [5.41, 5.74) is 5.67. The van der Waals surface area contributed by atoms with Crippen LogP contribution in [-0.2, 0) is 65.4 Å². The van der Waals surface area contributed by atoms with Crippen LogP contribution >= 0.6 is 0 Å². The van der Waals surface area contributed by atoms with Crippen LogP contribution in [0.1, 0.15) is 19.3 Å². The van der Waals surface area contributed by atoms with E-state index in [0.29, 0.717) is 6.42 Å². The van der Waals surface area contributed by atoms with Crippen LogP contribution in [0, 0.1) is 0 Å². The third-order valence-corrected chi connectivity index (χ3v) is 2.96.